The molecular weight excluding hydrogens is 138 g/mol. The normalized spacial score (nSPS) is 14.5. The van der Waals surface area contributed by atoms with Gasteiger partial charge >= 0.3 is 0 Å². The summed E-state index contributed by atoms with van der Waals surface area (Å²) < 4.78 is 0. The van der Waals surface area contributed by atoms with Gasteiger partial charge in [0.25, 0.3) is 5.70 Å². The lowest BCUT2D eigenvalue weighted by molar-refractivity contribution is 0.557. The minimum absolute atomic E-state index is 0.501. The highest BCUT2D eigenvalue weighted by Crippen LogP contribution is 2.38. The molecular formula is C8H7N3. The number of hydrogen-bond acceptors (Lipinski definition) is 2. The Kier molecular flexibility index (Phi) is 1.09. The number of fused-ring (bicyclic) bond motifs is 1. The first-order valence-corrected chi connectivity index (χ1v) is 3.27. The van der Waals surface area contributed by atoms with Crippen molar-refractivity contribution in [2.24, 2.45) is 5.84 Å². The van der Waals surface area contributed by atoms with Crippen LogP contribution in [0.3, 0.4) is 0 Å². The molecule has 1 heterocycles. The molecule has 3 nitrogen and oxygen atoms in total. The van der Waals surface area contributed by atoms with Crippen LogP contribution in [0.25, 0.3) is 11.1 Å². The largest absolute Gasteiger partial charge is 0.557 e. The molecule has 1 aliphatic heterocycles. The van der Waals surface area contributed by atoms with Gasteiger partial charge in [0, 0.05) is 6.07 Å². The lowest BCUT2D eigenvalue weighted by Crippen LogP contribution is -2.18. The van der Waals surface area contributed by atoms with Crippen molar-refractivity contribution in [2.75, 3.05) is 0 Å². The topological polar surface area (TPSA) is 43.4 Å². The maximum atomic E-state index is 5.61. The quantitative estimate of drug-likeness (QED) is 0.444. The fourth-order valence-corrected chi connectivity index (χ4v) is 1.07. The summed E-state index contributed by atoms with van der Waals surface area (Å²) in [6.45, 7) is 5.61. The summed E-state index contributed by atoms with van der Waals surface area (Å²) in [6.07, 6.45) is 0. The van der Waals surface area contributed by atoms with E-state index in [9.17, 15) is 0 Å². The Balaban J connectivity index is 2.55. The van der Waals surface area contributed by atoms with Crippen LogP contribution in [0, 0.1) is 6.58 Å². The van der Waals surface area contributed by atoms with Crippen molar-refractivity contribution in [1.29, 1.82) is 0 Å². The fourth-order valence-electron chi connectivity index (χ4n) is 1.07. The molecule has 0 radical (unpaired) electrons. The van der Waals surface area contributed by atoms with E-state index in [1.807, 2.05) is 24.3 Å². The molecule has 0 saturated heterocycles. The summed E-state index contributed by atoms with van der Waals surface area (Å²) in [5, 5.41) is 1.19. The van der Waals surface area contributed by atoms with E-state index in [0.29, 0.717) is 5.70 Å². The Labute approximate surface area is 65.1 Å². The number of hydrogen-bond donors (Lipinski definition) is 1. The summed E-state index contributed by atoms with van der Waals surface area (Å²) >= 11 is 0. The first-order valence-electron chi connectivity index (χ1n) is 3.27. The van der Waals surface area contributed by atoms with Crippen LogP contribution in [0.4, 0.5) is 5.69 Å². The monoisotopic (exact) mass is 145 g/mol. The number of nitrogens with two attached hydrogens (primary N) is 1. The Bertz CT molecular complexity index is 306. The van der Waals surface area contributed by atoms with Gasteiger partial charge in [-0.25, -0.2) is 0 Å². The summed E-state index contributed by atoms with van der Waals surface area (Å²) in [5.41, 5.74) is 6.21. The highest BCUT2D eigenvalue weighted by molar-refractivity contribution is 5.80. The van der Waals surface area contributed by atoms with Crippen LogP contribution < -0.4 is 5.84 Å². The molecule has 54 valence electrons. The van der Waals surface area contributed by atoms with Crippen molar-refractivity contribution in [3.8, 4) is 0 Å². The van der Waals surface area contributed by atoms with Crippen LogP contribution in [-0.4, -0.2) is 5.12 Å². The van der Waals surface area contributed by atoms with E-state index in [0.717, 1.165) is 11.3 Å². The summed E-state index contributed by atoms with van der Waals surface area (Å²) in [7, 11) is 0. The Hall–Kier alpha value is -1.57. The molecule has 2 rings (SSSR count). The number of benzene rings is 1. The first-order chi connectivity index (χ1) is 5.29. The lowest BCUT2D eigenvalue weighted by Gasteiger charge is -2.21. The highest BCUT2D eigenvalue weighted by Gasteiger charge is 2.19. The van der Waals surface area contributed by atoms with Gasteiger partial charge in [-0.15, -0.1) is 0 Å². The van der Waals surface area contributed by atoms with Gasteiger partial charge in [-0.2, -0.15) is 0 Å². The van der Waals surface area contributed by atoms with Gasteiger partial charge in [0.1, 0.15) is 5.56 Å². The second-order valence-corrected chi connectivity index (χ2v) is 2.35. The average molecular weight is 145 g/mol. The first kappa shape index (κ1) is 6.16. The molecule has 2 N–H and O–H groups in total. The van der Waals surface area contributed by atoms with Gasteiger partial charge in [0.2, 0.25) is 0 Å². The third kappa shape index (κ3) is 0.759. The smallest absolute Gasteiger partial charge is 0.263 e. The number of rotatable bonds is 0. The van der Waals surface area contributed by atoms with E-state index in [1.54, 1.807) is 0 Å². The van der Waals surface area contributed by atoms with Crippen LogP contribution in [0.2, 0.25) is 0 Å². The van der Waals surface area contributed by atoms with Crippen LogP contribution in [0.5, 0.6) is 0 Å². The van der Waals surface area contributed by atoms with Gasteiger partial charge in [0.05, 0.1) is 6.58 Å². The minimum atomic E-state index is 0.501. The molecule has 11 heavy (non-hydrogen) atoms. The molecule has 0 aromatic heterocycles. The van der Waals surface area contributed by atoms with E-state index >= 15 is 0 Å². The Morgan fingerprint density at radius 1 is 1.36 bits per heavy atom. The van der Waals surface area contributed by atoms with Crippen molar-refractivity contribution < 1.29 is 0 Å². The van der Waals surface area contributed by atoms with Gasteiger partial charge in [0.15, 0.2) is 0 Å². The average Bonchev–Trinajstić information content (AvgIpc) is 2.30. The predicted octanol–water partition coefficient (Wildman–Crippen LogP) is 1.57. The zero-order valence-electron chi connectivity index (χ0n) is 5.86. The van der Waals surface area contributed by atoms with Gasteiger partial charge in [-0.3, -0.25) is 5.84 Å². The van der Waals surface area contributed by atoms with E-state index in [1.165, 1.54) is 5.12 Å². The molecule has 0 saturated carbocycles. The van der Waals surface area contributed by atoms with Crippen molar-refractivity contribution in [2.45, 2.75) is 0 Å². The second kappa shape index (κ2) is 1.95. The number of nitrogens with zero attached hydrogens (tertiary/aromatic N) is 2. The molecule has 0 bridgehead atoms. The third-order valence-electron chi connectivity index (χ3n) is 1.64. The molecule has 1 aromatic carbocycles. The zero-order valence-corrected chi connectivity index (χ0v) is 5.86. The molecule has 0 unspecified atom stereocenters. The molecule has 1 aliphatic rings. The SMILES string of the molecule is [CH+]=C1c2ccccc2[N-]N1N. The third-order valence-corrected chi connectivity index (χ3v) is 1.64. The zero-order chi connectivity index (χ0) is 7.84. The Morgan fingerprint density at radius 2 is 2.09 bits per heavy atom. The molecule has 1 aromatic rings. The highest BCUT2D eigenvalue weighted by atomic mass is 15.7. The van der Waals surface area contributed by atoms with Crippen molar-refractivity contribution in [3.63, 3.8) is 0 Å². The van der Waals surface area contributed by atoms with Crippen molar-refractivity contribution in [3.05, 3.63) is 41.8 Å². The molecule has 0 amide bonds. The van der Waals surface area contributed by atoms with Crippen LogP contribution in [-0.2, 0) is 0 Å². The van der Waals surface area contributed by atoms with E-state index in [2.05, 4.69) is 5.43 Å². The lowest BCUT2D eigenvalue weighted by atomic mass is 10.1. The van der Waals surface area contributed by atoms with Crippen LogP contribution >= 0.6 is 0 Å². The summed E-state index contributed by atoms with van der Waals surface area (Å²) in [5.74, 6) is 5.43. The standard InChI is InChI=1S/C8H7N3/c1-6-7-4-2-3-5-8(7)10-11(6)9/h1-5H,9H2. The second-order valence-electron chi connectivity index (χ2n) is 2.35. The van der Waals surface area contributed by atoms with Crippen molar-refractivity contribution in [1.82, 2.24) is 5.12 Å². The molecule has 0 aliphatic carbocycles. The predicted molar refractivity (Wildman–Crippen MR) is 43.2 cm³/mol. The number of hydrazine groups is 1. The van der Waals surface area contributed by atoms with Gasteiger partial charge in [-0.1, -0.05) is 12.1 Å². The molecule has 0 atom stereocenters. The van der Waals surface area contributed by atoms with Crippen molar-refractivity contribution >= 4 is 11.4 Å². The maximum Gasteiger partial charge on any atom is 0.263 e. The summed E-state index contributed by atoms with van der Waals surface area (Å²) in [6, 6.07) is 7.56. The van der Waals surface area contributed by atoms with Gasteiger partial charge < -0.3 is 10.5 Å². The fraction of sp³-hybridized carbons (Fsp3) is 0. The van der Waals surface area contributed by atoms with Gasteiger partial charge in [-0.05, 0) is 11.8 Å². The van der Waals surface area contributed by atoms with E-state index in [-0.39, 0.29) is 0 Å². The van der Waals surface area contributed by atoms with E-state index in [4.69, 9.17) is 12.4 Å². The Morgan fingerprint density at radius 3 is 2.82 bits per heavy atom. The molecule has 3 heteroatoms. The summed E-state index contributed by atoms with van der Waals surface area (Å²) in [4.78, 5) is 0. The van der Waals surface area contributed by atoms with Crippen LogP contribution in [0.1, 0.15) is 5.56 Å². The molecule has 0 spiro atoms. The maximum absolute atomic E-state index is 5.61. The minimum Gasteiger partial charge on any atom is -0.557 e. The van der Waals surface area contributed by atoms with E-state index < -0.39 is 0 Å². The van der Waals surface area contributed by atoms with Crippen LogP contribution in [0.15, 0.2) is 24.3 Å². The molecule has 0 fully saturated rings.